The Kier molecular flexibility index (Phi) is 6.29. The van der Waals surface area contributed by atoms with Crippen LogP contribution in [0, 0.1) is 5.82 Å². The van der Waals surface area contributed by atoms with Crippen molar-refractivity contribution in [1.82, 2.24) is 5.32 Å². The highest BCUT2D eigenvalue weighted by atomic mass is 19.1. The summed E-state index contributed by atoms with van der Waals surface area (Å²) in [4.78, 5) is 10.5. The van der Waals surface area contributed by atoms with Crippen molar-refractivity contribution in [2.24, 2.45) is 0 Å². The summed E-state index contributed by atoms with van der Waals surface area (Å²) in [6.07, 6.45) is 0. The highest BCUT2D eigenvalue weighted by Crippen LogP contribution is 2.10. The third kappa shape index (κ3) is 4.08. The summed E-state index contributed by atoms with van der Waals surface area (Å²) in [5.74, 6) is -1.43. The molecule has 1 aromatic carbocycles. The van der Waals surface area contributed by atoms with Crippen molar-refractivity contribution in [3.05, 3.63) is 35.1 Å². The number of carboxylic acids is 1. The van der Waals surface area contributed by atoms with Crippen molar-refractivity contribution >= 4 is 5.97 Å². The average Bonchev–Trinajstić information content (AvgIpc) is 2.24. The van der Waals surface area contributed by atoms with Crippen LogP contribution in [0.1, 0.15) is 29.8 Å². The van der Waals surface area contributed by atoms with Crippen LogP contribution in [0.3, 0.4) is 0 Å². The van der Waals surface area contributed by atoms with E-state index >= 15 is 0 Å². The van der Waals surface area contributed by atoms with Crippen LogP contribution in [0.2, 0.25) is 0 Å². The summed E-state index contributed by atoms with van der Waals surface area (Å²) in [5.41, 5.74) is 0.467. The summed E-state index contributed by atoms with van der Waals surface area (Å²) in [5, 5.41) is 11.4. The molecule has 0 aliphatic rings. The second kappa shape index (κ2) is 6.95. The van der Waals surface area contributed by atoms with Crippen LogP contribution in [0.5, 0.6) is 0 Å². The number of hydrogen-bond donors (Lipinski definition) is 2. The van der Waals surface area contributed by atoms with E-state index in [-0.39, 0.29) is 11.4 Å². The van der Waals surface area contributed by atoms with Crippen LogP contribution in [0.4, 0.5) is 4.39 Å². The van der Waals surface area contributed by atoms with Crippen LogP contribution in [-0.2, 0) is 6.54 Å². The van der Waals surface area contributed by atoms with Crippen molar-refractivity contribution in [3.63, 3.8) is 0 Å². The van der Waals surface area contributed by atoms with E-state index in [1.54, 1.807) is 7.05 Å². The molecule has 0 unspecified atom stereocenters. The fourth-order valence-electron chi connectivity index (χ4n) is 1.03. The minimum atomic E-state index is -1.04. The molecule has 84 valence electrons. The van der Waals surface area contributed by atoms with Crippen LogP contribution < -0.4 is 5.32 Å². The van der Waals surface area contributed by atoms with Gasteiger partial charge in [-0.05, 0) is 25.2 Å². The summed E-state index contributed by atoms with van der Waals surface area (Å²) in [6, 6.07) is 3.74. The number of nitrogens with one attached hydrogen (secondary N) is 1. The SMILES string of the molecule is CC.CNCc1cc(C(=O)O)ccc1F. The van der Waals surface area contributed by atoms with Gasteiger partial charge in [0.1, 0.15) is 5.82 Å². The average molecular weight is 213 g/mol. The van der Waals surface area contributed by atoms with Crippen molar-refractivity contribution < 1.29 is 14.3 Å². The standard InChI is InChI=1S/C9H10FNO2.C2H6/c1-11-5-7-4-6(9(12)13)2-3-8(7)10;1-2/h2-4,11H,5H2,1H3,(H,12,13);1-2H3. The molecule has 3 nitrogen and oxygen atoms in total. The quantitative estimate of drug-likeness (QED) is 0.809. The third-order valence-electron chi connectivity index (χ3n) is 1.66. The smallest absolute Gasteiger partial charge is 0.335 e. The van der Waals surface area contributed by atoms with Crippen LogP contribution in [-0.4, -0.2) is 18.1 Å². The first-order valence-electron chi connectivity index (χ1n) is 4.81. The van der Waals surface area contributed by atoms with Gasteiger partial charge < -0.3 is 10.4 Å². The van der Waals surface area contributed by atoms with Gasteiger partial charge in [-0.1, -0.05) is 13.8 Å². The summed E-state index contributed by atoms with van der Waals surface area (Å²) in [6.45, 7) is 4.33. The van der Waals surface area contributed by atoms with Gasteiger partial charge >= 0.3 is 5.97 Å². The monoisotopic (exact) mass is 213 g/mol. The van der Waals surface area contributed by atoms with E-state index in [2.05, 4.69) is 5.32 Å². The predicted molar refractivity (Wildman–Crippen MR) is 57.5 cm³/mol. The van der Waals surface area contributed by atoms with Gasteiger partial charge in [0.2, 0.25) is 0 Å². The Labute approximate surface area is 88.9 Å². The second-order valence-corrected chi connectivity index (χ2v) is 2.64. The molecule has 15 heavy (non-hydrogen) atoms. The number of benzene rings is 1. The van der Waals surface area contributed by atoms with E-state index in [9.17, 15) is 9.18 Å². The molecule has 0 atom stereocenters. The van der Waals surface area contributed by atoms with Gasteiger partial charge in [0, 0.05) is 12.1 Å². The molecular formula is C11H16FNO2. The fraction of sp³-hybridized carbons (Fsp3) is 0.364. The number of halogens is 1. The Bertz CT molecular complexity index is 326. The first kappa shape index (κ1) is 13.6. The number of hydrogen-bond acceptors (Lipinski definition) is 2. The number of carbonyl (C=O) groups is 1. The lowest BCUT2D eigenvalue weighted by atomic mass is 10.1. The lowest BCUT2D eigenvalue weighted by Gasteiger charge is -2.02. The van der Waals surface area contributed by atoms with E-state index in [0.29, 0.717) is 12.1 Å². The maximum atomic E-state index is 13.0. The molecule has 0 amide bonds. The molecule has 0 aliphatic carbocycles. The van der Waals surface area contributed by atoms with Gasteiger partial charge in [-0.3, -0.25) is 0 Å². The van der Waals surface area contributed by atoms with E-state index < -0.39 is 5.97 Å². The molecule has 0 aromatic heterocycles. The Hall–Kier alpha value is -1.42. The van der Waals surface area contributed by atoms with E-state index in [1.807, 2.05) is 13.8 Å². The predicted octanol–water partition coefficient (Wildman–Crippen LogP) is 2.27. The van der Waals surface area contributed by atoms with E-state index in [0.717, 1.165) is 6.07 Å². The van der Waals surface area contributed by atoms with Crippen LogP contribution in [0.25, 0.3) is 0 Å². The summed E-state index contributed by atoms with van der Waals surface area (Å²) in [7, 11) is 1.67. The molecule has 1 aromatic rings. The first-order chi connectivity index (χ1) is 7.15. The zero-order valence-electron chi connectivity index (χ0n) is 9.17. The van der Waals surface area contributed by atoms with Crippen molar-refractivity contribution in [2.45, 2.75) is 20.4 Å². The van der Waals surface area contributed by atoms with Gasteiger partial charge in [0.05, 0.1) is 5.56 Å². The summed E-state index contributed by atoms with van der Waals surface area (Å²) >= 11 is 0. The lowest BCUT2D eigenvalue weighted by molar-refractivity contribution is 0.0696. The Balaban J connectivity index is 0.000000921. The Morgan fingerprint density at radius 2 is 2.07 bits per heavy atom. The van der Waals surface area contributed by atoms with E-state index in [1.165, 1.54) is 12.1 Å². The zero-order valence-corrected chi connectivity index (χ0v) is 9.17. The molecule has 1 rings (SSSR count). The lowest BCUT2D eigenvalue weighted by Crippen LogP contribution is -2.08. The maximum absolute atomic E-state index is 13.0. The molecule has 0 saturated heterocycles. The molecule has 0 fully saturated rings. The van der Waals surface area contributed by atoms with E-state index in [4.69, 9.17) is 5.11 Å². The molecule has 0 radical (unpaired) electrons. The van der Waals surface area contributed by atoms with Crippen molar-refractivity contribution in [2.75, 3.05) is 7.05 Å². The third-order valence-corrected chi connectivity index (χ3v) is 1.66. The fourth-order valence-corrected chi connectivity index (χ4v) is 1.03. The highest BCUT2D eigenvalue weighted by Gasteiger charge is 2.06. The van der Waals surface area contributed by atoms with Gasteiger partial charge in [-0.25, -0.2) is 9.18 Å². The molecule has 4 heteroatoms. The second-order valence-electron chi connectivity index (χ2n) is 2.64. The van der Waals surface area contributed by atoms with Crippen LogP contribution in [0.15, 0.2) is 18.2 Å². The molecule has 0 bridgehead atoms. The highest BCUT2D eigenvalue weighted by molar-refractivity contribution is 5.87. The molecule has 0 heterocycles. The van der Waals surface area contributed by atoms with Crippen molar-refractivity contribution in [3.8, 4) is 0 Å². The normalized spacial score (nSPS) is 9.07. The van der Waals surface area contributed by atoms with Crippen LogP contribution >= 0.6 is 0 Å². The molecule has 0 spiro atoms. The molecule has 0 aliphatic heterocycles. The van der Waals surface area contributed by atoms with Gasteiger partial charge in [-0.2, -0.15) is 0 Å². The number of aromatic carboxylic acids is 1. The minimum absolute atomic E-state index is 0.103. The van der Waals surface area contributed by atoms with Crippen molar-refractivity contribution in [1.29, 1.82) is 0 Å². The minimum Gasteiger partial charge on any atom is -0.478 e. The molecule has 2 N–H and O–H groups in total. The first-order valence-corrected chi connectivity index (χ1v) is 4.81. The molecular weight excluding hydrogens is 197 g/mol. The zero-order chi connectivity index (χ0) is 11.8. The topological polar surface area (TPSA) is 49.3 Å². The maximum Gasteiger partial charge on any atom is 0.335 e. The number of rotatable bonds is 3. The van der Waals surface area contributed by atoms with Gasteiger partial charge in [0.15, 0.2) is 0 Å². The Morgan fingerprint density at radius 3 is 2.53 bits per heavy atom. The number of carboxylic acid groups (broad SMARTS) is 1. The van der Waals surface area contributed by atoms with Gasteiger partial charge in [-0.15, -0.1) is 0 Å². The molecule has 0 saturated carbocycles. The summed E-state index contributed by atoms with van der Waals surface area (Å²) < 4.78 is 13.0. The van der Waals surface area contributed by atoms with Gasteiger partial charge in [0.25, 0.3) is 0 Å². The Morgan fingerprint density at radius 1 is 1.47 bits per heavy atom. The largest absolute Gasteiger partial charge is 0.478 e.